The maximum Gasteiger partial charge on any atom is 0.243 e. The normalized spacial score (nSPS) is 18.4. The van der Waals surface area contributed by atoms with Crippen molar-refractivity contribution in [2.45, 2.75) is 50.8 Å². The molecule has 1 fully saturated rings. The van der Waals surface area contributed by atoms with Gasteiger partial charge in [0.1, 0.15) is 0 Å². The van der Waals surface area contributed by atoms with Crippen molar-refractivity contribution in [3.63, 3.8) is 0 Å². The molecule has 1 amide bonds. The Morgan fingerprint density at radius 2 is 1.92 bits per heavy atom. The quantitative estimate of drug-likeness (QED) is 0.820. The summed E-state index contributed by atoms with van der Waals surface area (Å²) >= 11 is 0. The lowest BCUT2D eigenvalue weighted by atomic mass is 9.83. The van der Waals surface area contributed by atoms with Crippen LogP contribution in [0, 0.1) is 5.92 Å². The van der Waals surface area contributed by atoms with Crippen LogP contribution in [-0.4, -0.2) is 38.3 Å². The lowest BCUT2D eigenvalue weighted by molar-refractivity contribution is -0.124. The van der Waals surface area contributed by atoms with E-state index in [1.54, 1.807) is 12.1 Å². The Kier molecular flexibility index (Phi) is 4.97. The standard InChI is InChI=1S/C18H26N2O3S/c1-3-19(4-2)24(22,23)16-10-11-17-15(13-16)9-6-12-20(17)18(21)14-7-5-8-14/h10-11,13-14H,3-9,12H2,1-2H3. The van der Waals surface area contributed by atoms with E-state index >= 15 is 0 Å². The zero-order valence-electron chi connectivity index (χ0n) is 14.5. The molecule has 0 spiro atoms. The van der Waals surface area contributed by atoms with Gasteiger partial charge >= 0.3 is 0 Å². The van der Waals surface area contributed by atoms with Gasteiger partial charge in [0.2, 0.25) is 15.9 Å². The van der Waals surface area contributed by atoms with Crippen molar-refractivity contribution in [2.75, 3.05) is 24.5 Å². The first-order valence-electron chi connectivity index (χ1n) is 8.93. The highest BCUT2D eigenvalue weighted by Gasteiger charge is 2.33. The fourth-order valence-corrected chi connectivity index (χ4v) is 5.06. The summed E-state index contributed by atoms with van der Waals surface area (Å²) < 4.78 is 26.9. The summed E-state index contributed by atoms with van der Waals surface area (Å²) in [6.07, 6.45) is 4.82. The Balaban J connectivity index is 1.92. The molecule has 1 aromatic carbocycles. The molecule has 0 unspecified atom stereocenters. The smallest absolute Gasteiger partial charge is 0.243 e. The maximum atomic E-state index is 12.7. The van der Waals surface area contributed by atoms with Crippen molar-refractivity contribution in [3.8, 4) is 0 Å². The molecule has 0 bridgehead atoms. The summed E-state index contributed by atoms with van der Waals surface area (Å²) in [5.41, 5.74) is 1.87. The minimum Gasteiger partial charge on any atom is -0.312 e. The second-order valence-corrected chi connectivity index (χ2v) is 8.54. The van der Waals surface area contributed by atoms with Crippen LogP contribution in [-0.2, 0) is 21.2 Å². The van der Waals surface area contributed by atoms with Gasteiger partial charge in [0.15, 0.2) is 0 Å². The van der Waals surface area contributed by atoms with Gasteiger partial charge < -0.3 is 4.90 Å². The average molecular weight is 350 g/mol. The van der Waals surface area contributed by atoms with Crippen molar-refractivity contribution >= 4 is 21.6 Å². The number of amides is 1. The number of hydrogen-bond donors (Lipinski definition) is 0. The lowest BCUT2D eigenvalue weighted by Gasteiger charge is -2.35. The second kappa shape index (κ2) is 6.84. The number of benzene rings is 1. The predicted molar refractivity (Wildman–Crippen MR) is 94.6 cm³/mol. The lowest BCUT2D eigenvalue weighted by Crippen LogP contribution is -2.41. The Hall–Kier alpha value is -1.40. The Morgan fingerprint density at radius 3 is 2.50 bits per heavy atom. The number of hydrogen-bond acceptors (Lipinski definition) is 3. The fraction of sp³-hybridized carbons (Fsp3) is 0.611. The fourth-order valence-electron chi connectivity index (χ4n) is 3.55. The molecule has 1 aliphatic carbocycles. The molecule has 0 N–H and O–H groups in total. The molecule has 2 aliphatic rings. The van der Waals surface area contributed by atoms with Crippen molar-refractivity contribution in [3.05, 3.63) is 23.8 Å². The van der Waals surface area contributed by atoms with Gasteiger partial charge in [0.05, 0.1) is 4.90 Å². The van der Waals surface area contributed by atoms with Gasteiger partial charge in [-0.05, 0) is 49.4 Å². The van der Waals surface area contributed by atoms with Crippen LogP contribution >= 0.6 is 0 Å². The van der Waals surface area contributed by atoms with E-state index < -0.39 is 10.0 Å². The monoisotopic (exact) mass is 350 g/mol. The van der Waals surface area contributed by atoms with Crippen LogP contribution in [0.4, 0.5) is 5.69 Å². The van der Waals surface area contributed by atoms with Crippen molar-refractivity contribution < 1.29 is 13.2 Å². The molecular formula is C18H26N2O3S. The second-order valence-electron chi connectivity index (χ2n) is 6.60. The molecule has 5 nitrogen and oxygen atoms in total. The summed E-state index contributed by atoms with van der Waals surface area (Å²) in [5.74, 6) is 0.372. The molecule has 1 aliphatic heterocycles. The van der Waals surface area contributed by atoms with E-state index in [0.717, 1.165) is 49.9 Å². The molecule has 0 radical (unpaired) electrons. The summed E-state index contributed by atoms with van der Waals surface area (Å²) in [6.45, 7) is 5.35. The molecule has 24 heavy (non-hydrogen) atoms. The van der Waals surface area contributed by atoms with E-state index in [0.29, 0.717) is 18.0 Å². The molecule has 1 heterocycles. The summed E-state index contributed by atoms with van der Waals surface area (Å²) in [6, 6.07) is 5.24. The maximum absolute atomic E-state index is 12.7. The Labute approximate surface area is 144 Å². The van der Waals surface area contributed by atoms with Gasteiger partial charge in [0, 0.05) is 31.2 Å². The van der Waals surface area contributed by atoms with Crippen LogP contribution in [0.15, 0.2) is 23.1 Å². The van der Waals surface area contributed by atoms with Crippen LogP contribution in [0.5, 0.6) is 0 Å². The zero-order valence-corrected chi connectivity index (χ0v) is 15.3. The van der Waals surface area contributed by atoms with E-state index in [4.69, 9.17) is 0 Å². The first-order valence-corrected chi connectivity index (χ1v) is 10.4. The number of anilines is 1. The molecule has 0 atom stereocenters. The van der Waals surface area contributed by atoms with Crippen molar-refractivity contribution in [1.82, 2.24) is 4.31 Å². The van der Waals surface area contributed by atoms with Gasteiger partial charge in [-0.3, -0.25) is 4.79 Å². The number of nitrogens with zero attached hydrogens (tertiary/aromatic N) is 2. The predicted octanol–water partition coefficient (Wildman–Crippen LogP) is 2.80. The number of rotatable bonds is 5. The number of carbonyl (C=O) groups is 1. The minimum absolute atomic E-state index is 0.162. The van der Waals surface area contributed by atoms with Crippen LogP contribution in [0.25, 0.3) is 0 Å². The zero-order chi connectivity index (χ0) is 17.3. The average Bonchev–Trinajstić information content (AvgIpc) is 2.53. The molecule has 1 aromatic rings. The molecule has 0 aromatic heterocycles. The first-order chi connectivity index (χ1) is 11.5. The van der Waals surface area contributed by atoms with E-state index in [1.807, 2.05) is 24.8 Å². The molecule has 6 heteroatoms. The number of carbonyl (C=O) groups excluding carboxylic acids is 1. The van der Waals surface area contributed by atoms with Gasteiger partial charge in [0.25, 0.3) is 0 Å². The largest absolute Gasteiger partial charge is 0.312 e. The van der Waals surface area contributed by atoms with Gasteiger partial charge in [-0.2, -0.15) is 4.31 Å². The molecule has 3 rings (SSSR count). The highest BCUT2D eigenvalue weighted by Crippen LogP contribution is 2.35. The van der Waals surface area contributed by atoms with Crippen LogP contribution < -0.4 is 4.90 Å². The topological polar surface area (TPSA) is 57.7 Å². The van der Waals surface area contributed by atoms with E-state index in [2.05, 4.69) is 0 Å². The minimum atomic E-state index is -3.45. The van der Waals surface area contributed by atoms with Crippen molar-refractivity contribution in [1.29, 1.82) is 0 Å². The highest BCUT2D eigenvalue weighted by atomic mass is 32.2. The molecule has 1 saturated carbocycles. The van der Waals surface area contributed by atoms with E-state index in [1.165, 1.54) is 4.31 Å². The summed E-state index contributed by atoms with van der Waals surface area (Å²) in [5, 5.41) is 0. The summed E-state index contributed by atoms with van der Waals surface area (Å²) in [7, 11) is -3.45. The highest BCUT2D eigenvalue weighted by molar-refractivity contribution is 7.89. The van der Waals surface area contributed by atoms with Gasteiger partial charge in [-0.15, -0.1) is 0 Å². The Morgan fingerprint density at radius 1 is 1.21 bits per heavy atom. The third-order valence-electron chi connectivity index (χ3n) is 5.23. The van der Waals surface area contributed by atoms with Gasteiger partial charge in [-0.1, -0.05) is 20.3 Å². The third kappa shape index (κ3) is 2.97. The van der Waals surface area contributed by atoms with Crippen LogP contribution in [0.3, 0.4) is 0 Å². The Bertz CT molecular complexity index is 722. The first kappa shape index (κ1) is 17.4. The molecular weight excluding hydrogens is 324 g/mol. The van der Waals surface area contributed by atoms with Crippen molar-refractivity contribution in [2.24, 2.45) is 5.92 Å². The number of sulfonamides is 1. The third-order valence-corrected chi connectivity index (χ3v) is 7.28. The van der Waals surface area contributed by atoms with E-state index in [9.17, 15) is 13.2 Å². The van der Waals surface area contributed by atoms with Gasteiger partial charge in [-0.25, -0.2) is 8.42 Å². The SMILES string of the molecule is CCN(CC)S(=O)(=O)c1ccc2c(c1)CCCN2C(=O)C1CCC1. The number of aryl methyl sites for hydroxylation is 1. The van der Waals surface area contributed by atoms with Crippen LogP contribution in [0.2, 0.25) is 0 Å². The number of fused-ring (bicyclic) bond motifs is 1. The van der Waals surface area contributed by atoms with Crippen LogP contribution in [0.1, 0.15) is 45.1 Å². The summed E-state index contributed by atoms with van der Waals surface area (Å²) in [4.78, 5) is 14.8. The molecule has 0 saturated heterocycles. The van der Waals surface area contributed by atoms with E-state index in [-0.39, 0.29) is 11.8 Å². The molecule has 132 valence electrons.